The maximum atomic E-state index is 10.4. The van der Waals surface area contributed by atoms with Gasteiger partial charge in [0.2, 0.25) is 0 Å². The molecule has 0 aromatic heterocycles. The third-order valence-corrected chi connectivity index (χ3v) is 2.41. The van der Waals surface area contributed by atoms with Crippen molar-refractivity contribution in [1.82, 2.24) is 0 Å². The van der Waals surface area contributed by atoms with Gasteiger partial charge in [0.25, 0.3) is 0 Å². The average Bonchev–Trinajstić information content (AvgIpc) is 2.25. The first-order valence-corrected chi connectivity index (χ1v) is 5.08. The summed E-state index contributed by atoms with van der Waals surface area (Å²) in [6, 6.07) is 7.58. The Labute approximate surface area is 89.7 Å². The Hall–Kier alpha value is -1.51. The molecule has 0 saturated carbocycles. The van der Waals surface area contributed by atoms with Crippen LogP contribution in [0.4, 0.5) is 0 Å². The highest BCUT2D eigenvalue weighted by molar-refractivity contribution is 5.68. The molecule has 1 aromatic rings. The summed E-state index contributed by atoms with van der Waals surface area (Å²) in [6.45, 7) is 3.91. The van der Waals surface area contributed by atoms with Gasteiger partial charge < -0.3 is 9.84 Å². The summed E-state index contributed by atoms with van der Waals surface area (Å²) in [6.07, 6.45) is 1.01. The maximum absolute atomic E-state index is 10.4. The van der Waals surface area contributed by atoms with E-state index in [9.17, 15) is 4.79 Å². The fraction of sp³-hybridized carbons (Fsp3) is 0.417. The van der Waals surface area contributed by atoms with Crippen LogP contribution in [0.25, 0.3) is 0 Å². The molecule has 0 fully saturated rings. The summed E-state index contributed by atoms with van der Waals surface area (Å²) in [7, 11) is 0. The first kappa shape index (κ1) is 11.6. The molecule has 0 heterocycles. The zero-order valence-electron chi connectivity index (χ0n) is 9.06. The zero-order chi connectivity index (χ0) is 11.3. The number of aliphatic carboxylic acids is 1. The number of carbonyl (C=O) groups is 1. The van der Waals surface area contributed by atoms with Crippen LogP contribution < -0.4 is 4.74 Å². The number of hydrogen-bond acceptors (Lipinski definition) is 2. The predicted molar refractivity (Wildman–Crippen MR) is 58.3 cm³/mol. The molecule has 0 unspecified atom stereocenters. The standard InChI is InChI=1S/C12H16O3/c1-3-9(2)10-6-4-5-7-11(10)15-8-12(13)14/h4-7,9H,3,8H2,1-2H3,(H,13,14)/t9-/m0/s1. The molecule has 1 atom stereocenters. The second-order valence-corrected chi connectivity index (χ2v) is 3.53. The minimum absolute atomic E-state index is 0.284. The van der Waals surface area contributed by atoms with E-state index in [0.717, 1.165) is 12.0 Å². The smallest absolute Gasteiger partial charge is 0.341 e. The van der Waals surface area contributed by atoms with Crippen molar-refractivity contribution >= 4 is 5.97 Å². The lowest BCUT2D eigenvalue weighted by atomic mass is 9.98. The first-order valence-electron chi connectivity index (χ1n) is 5.08. The molecule has 0 radical (unpaired) electrons. The third-order valence-electron chi connectivity index (χ3n) is 2.41. The van der Waals surface area contributed by atoms with E-state index < -0.39 is 5.97 Å². The molecule has 1 N–H and O–H groups in total. The molecule has 0 spiro atoms. The predicted octanol–water partition coefficient (Wildman–Crippen LogP) is 2.66. The molecule has 82 valence electrons. The lowest BCUT2D eigenvalue weighted by Gasteiger charge is -2.14. The molecular weight excluding hydrogens is 192 g/mol. The molecule has 3 nitrogen and oxygen atoms in total. The van der Waals surface area contributed by atoms with Gasteiger partial charge in [0, 0.05) is 0 Å². The molecule has 0 saturated heterocycles. The third kappa shape index (κ3) is 3.27. The molecule has 15 heavy (non-hydrogen) atoms. The number of para-hydroxylation sites is 1. The second-order valence-electron chi connectivity index (χ2n) is 3.53. The maximum Gasteiger partial charge on any atom is 0.341 e. The molecule has 1 aromatic carbocycles. The van der Waals surface area contributed by atoms with Crippen LogP contribution in [0.2, 0.25) is 0 Å². The first-order chi connectivity index (χ1) is 7.15. The summed E-state index contributed by atoms with van der Waals surface area (Å²) in [5, 5.41) is 8.54. The molecule has 0 aliphatic rings. The number of hydrogen-bond donors (Lipinski definition) is 1. The normalized spacial score (nSPS) is 12.1. The van der Waals surface area contributed by atoms with E-state index >= 15 is 0 Å². The Morgan fingerprint density at radius 2 is 2.13 bits per heavy atom. The Morgan fingerprint density at radius 1 is 1.47 bits per heavy atom. The van der Waals surface area contributed by atoms with Crippen LogP contribution in [0.3, 0.4) is 0 Å². The van der Waals surface area contributed by atoms with Crippen LogP contribution in [0.15, 0.2) is 24.3 Å². The number of carboxylic acid groups (broad SMARTS) is 1. The lowest BCUT2D eigenvalue weighted by molar-refractivity contribution is -0.139. The number of ether oxygens (including phenoxy) is 1. The summed E-state index contributed by atoms with van der Waals surface area (Å²) < 4.78 is 5.22. The highest BCUT2D eigenvalue weighted by Gasteiger charge is 2.10. The van der Waals surface area contributed by atoms with Gasteiger partial charge in [-0.15, -0.1) is 0 Å². The van der Waals surface area contributed by atoms with Crippen LogP contribution in [0.1, 0.15) is 31.7 Å². The summed E-state index contributed by atoms with van der Waals surface area (Å²) in [4.78, 5) is 10.4. The van der Waals surface area contributed by atoms with E-state index in [2.05, 4.69) is 13.8 Å². The van der Waals surface area contributed by atoms with Gasteiger partial charge in [0.1, 0.15) is 5.75 Å². The zero-order valence-corrected chi connectivity index (χ0v) is 9.06. The molecular formula is C12H16O3. The fourth-order valence-electron chi connectivity index (χ4n) is 1.38. The number of benzene rings is 1. The van der Waals surface area contributed by atoms with Crippen LogP contribution in [0, 0.1) is 0 Å². The van der Waals surface area contributed by atoms with Gasteiger partial charge in [0.15, 0.2) is 6.61 Å². The molecule has 3 heteroatoms. The average molecular weight is 208 g/mol. The highest BCUT2D eigenvalue weighted by atomic mass is 16.5. The fourth-order valence-corrected chi connectivity index (χ4v) is 1.38. The van der Waals surface area contributed by atoms with Crippen molar-refractivity contribution in [1.29, 1.82) is 0 Å². The molecule has 0 aliphatic carbocycles. The largest absolute Gasteiger partial charge is 0.482 e. The monoisotopic (exact) mass is 208 g/mol. The summed E-state index contributed by atoms with van der Waals surface area (Å²) in [5.74, 6) is 0.109. The van der Waals surface area contributed by atoms with Crippen molar-refractivity contribution < 1.29 is 14.6 Å². The lowest BCUT2D eigenvalue weighted by Crippen LogP contribution is -2.11. The Bertz CT molecular complexity index is 333. The van der Waals surface area contributed by atoms with E-state index in [4.69, 9.17) is 9.84 Å². The highest BCUT2D eigenvalue weighted by Crippen LogP contribution is 2.28. The van der Waals surface area contributed by atoms with Crippen molar-refractivity contribution in [2.24, 2.45) is 0 Å². The van der Waals surface area contributed by atoms with Crippen LogP contribution >= 0.6 is 0 Å². The quantitative estimate of drug-likeness (QED) is 0.809. The van der Waals surface area contributed by atoms with Crippen LogP contribution in [-0.4, -0.2) is 17.7 Å². The van der Waals surface area contributed by atoms with Crippen molar-refractivity contribution in [3.8, 4) is 5.75 Å². The Balaban J connectivity index is 2.81. The molecule has 0 amide bonds. The second kappa shape index (κ2) is 5.39. The van der Waals surface area contributed by atoms with Crippen molar-refractivity contribution in [2.75, 3.05) is 6.61 Å². The van der Waals surface area contributed by atoms with Crippen molar-refractivity contribution in [2.45, 2.75) is 26.2 Å². The Kier molecular flexibility index (Phi) is 4.16. The van der Waals surface area contributed by atoms with Crippen molar-refractivity contribution in [3.05, 3.63) is 29.8 Å². The van der Waals surface area contributed by atoms with Gasteiger partial charge in [0.05, 0.1) is 0 Å². The van der Waals surface area contributed by atoms with Crippen LogP contribution in [-0.2, 0) is 4.79 Å². The van der Waals surface area contributed by atoms with Gasteiger partial charge >= 0.3 is 5.97 Å². The van der Waals surface area contributed by atoms with Gasteiger partial charge in [-0.05, 0) is 24.0 Å². The van der Waals surface area contributed by atoms with E-state index in [0.29, 0.717) is 11.7 Å². The number of carboxylic acids is 1. The van der Waals surface area contributed by atoms with Gasteiger partial charge in [-0.25, -0.2) is 4.79 Å². The topological polar surface area (TPSA) is 46.5 Å². The number of rotatable bonds is 5. The summed E-state index contributed by atoms with van der Waals surface area (Å²) >= 11 is 0. The van der Waals surface area contributed by atoms with Crippen molar-refractivity contribution in [3.63, 3.8) is 0 Å². The van der Waals surface area contributed by atoms with E-state index in [1.165, 1.54) is 0 Å². The van der Waals surface area contributed by atoms with E-state index in [-0.39, 0.29) is 6.61 Å². The minimum Gasteiger partial charge on any atom is -0.482 e. The summed E-state index contributed by atoms with van der Waals surface area (Å²) in [5.41, 5.74) is 1.07. The molecule has 0 aliphatic heterocycles. The van der Waals surface area contributed by atoms with Gasteiger partial charge in [-0.2, -0.15) is 0 Å². The SMILES string of the molecule is CC[C@H](C)c1ccccc1OCC(=O)O. The van der Waals surface area contributed by atoms with E-state index in [1.54, 1.807) is 0 Å². The minimum atomic E-state index is -0.950. The van der Waals surface area contributed by atoms with E-state index in [1.807, 2.05) is 24.3 Å². The van der Waals surface area contributed by atoms with Gasteiger partial charge in [-0.3, -0.25) is 0 Å². The van der Waals surface area contributed by atoms with Crippen LogP contribution in [0.5, 0.6) is 5.75 Å². The van der Waals surface area contributed by atoms with Gasteiger partial charge in [-0.1, -0.05) is 32.0 Å². The molecule has 0 bridgehead atoms. The molecule has 1 rings (SSSR count). The Morgan fingerprint density at radius 3 is 2.73 bits per heavy atom.